The molecule has 0 saturated carbocycles. The van der Waals surface area contributed by atoms with Crippen LogP contribution in [0.5, 0.6) is 0 Å². The van der Waals surface area contributed by atoms with Crippen molar-refractivity contribution in [2.24, 2.45) is 0 Å². The molecule has 0 bridgehead atoms. The molecule has 0 spiro atoms. The molecule has 0 saturated heterocycles. The summed E-state index contributed by atoms with van der Waals surface area (Å²) < 4.78 is 0. The number of rotatable bonds is 0. The van der Waals surface area contributed by atoms with E-state index in [1.54, 1.807) is 0 Å². The van der Waals surface area contributed by atoms with E-state index >= 15 is 0 Å². The minimum absolute atomic E-state index is 0. The molecular weight excluding hydrogens is 278 g/mol. The van der Waals surface area contributed by atoms with E-state index in [0.717, 1.165) is 0 Å². The Labute approximate surface area is 63.0 Å². The normalized spacial score (nSPS) is 5.40. The van der Waals surface area contributed by atoms with Crippen molar-refractivity contribution in [1.29, 1.82) is 0 Å². The minimum atomic E-state index is -2.24. The fourth-order valence-corrected chi connectivity index (χ4v) is 0. The Morgan fingerprint density at radius 1 is 1.00 bits per heavy atom. The van der Waals surface area contributed by atoms with Gasteiger partial charge in [0.1, 0.15) is 0 Å². The summed E-state index contributed by atoms with van der Waals surface area (Å²) in [4.78, 5) is 0. The predicted molar refractivity (Wildman–Crippen MR) is 27.5 cm³/mol. The standard InChI is InChI=1S/Al.3ClH.Nd.3H/h;3*1H;;;;/q;;;;+3;;;/p-3. The van der Waals surface area contributed by atoms with Crippen LogP contribution in [0.3, 0.4) is 0 Å². The topological polar surface area (TPSA) is 0 Å². The maximum absolute atomic E-state index is 5.02. The zero-order valence-corrected chi connectivity index (χ0v) is 7.11. The Kier molecular flexibility index (Phi) is 14.4. The van der Waals surface area contributed by atoms with E-state index in [0.29, 0.717) is 0 Å². The maximum atomic E-state index is 5.02. The first-order valence-electron chi connectivity index (χ1n) is 0.567. The summed E-state index contributed by atoms with van der Waals surface area (Å²) in [5, 5.41) is 0. The van der Waals surface area contributed by atoms with Crippen LogP contribution in [-0.2, 0) is 0 Å². The SMILES string of the molecule is [AlH3].[Cl][Nd]([Cl])[Cl]. The third-order valence-electron chi connectivity index (χ3n) is 0. The summed E-state index contributed by atoms with van der Waals surface area (Å²) >= 11 is -2.24. The molecule has 0 fully saturated rings. The van der Waals surface area contributed by atoms with Crippen molar-refractivity contribution in [3.63, 3.8) is 0 Å². The summed E-state index contributed by atoms with van der Waals surface area (Å²) in [7, 11) is 0. The molecule has 5 heavy (non-hydrogen) atoms. The van der Waals surface area contributed by atoms with E-state index in [4.69, 9.17) is 17.4 Å². The van der Waals surface area contributed by atoms with E-state index in [9.17, 15) is 0 Å². The number of hydrogen-bond donors (Lipinski definition) is 0. The molecule has 0 aliphatic rings. The first-order chi connectivity index (χ1) is 1.73. The van der Waals surface area contributed by atoms with Crippen LogP contribution in [0.2, 0.25) is 0 Å². The van der Waals surface area contributed by atoms with Crippen molar-refractivity contribution < 1.29 is 29.9 Å². The van der Waals surface area contributed by atoms with Crippen LogP contribution < -0.4 is 0 Å². The molecule has 0 aliphatic heterocycles. The van der Waals surface area contributed by atoms with Gasteiger partial charge >= 0.3 is 47.3 Å². The first-order valence-corrected chi connectivity index (χ1v) is 12.6. The Balaban J connectivity index is 0. The average Bonchev–Trinajstić information content (AvgIpc) is 0.811. The van der Waals surface area contributed by atoms with E-state index in [2.05, 4.69) is 0 Å². The quantitative estimate of drug-likeness (QED) is 0.578. The molecule has 0 atom stereocenters. The van der Waals surface area contributed by atoms with Gasteiger partial charge in [-0.2, -0.15) is 0 Å². The number of hydrogen-bond acceptors (Lipinski definition) is 0. The Hall–Kier alpha value is 2.75. The molecule has 0 unspecified atom stereocenters. The van der Waals surface area contributed by atoms with Crippen LogP contribution in [-0.4, -0.2) is 17.4 Å². The Morgan fingerprint density at radius 2 is 1.00 bits per heavy atom. The fraction of sp³-hybridized carbons (Fsp3) is 0. The molecular formula is H3AlCl3Nd. The molecule has 0 aliphatic carbocycles. The zero-order valence-electron chi connectivity index (χ0n) is 1.63. The third kappa shape index (κ3) is 20.1. The molecule has 0 rings (SSSR count). The van der Waals surface area contributed by atoms with Gasteiger partial charge < -0.3 is 0 Å². The predicted octanol–water partition coefficient (Wildman–Crippen LogP) is 0.885. The number of halogens is 3. The molecule has 0 radical (unpaired) electrons. The van der Waals surface area contributed by atoms with Crippen LogP contribution in [0.25, 0.3) is 0 Å². The molecule has 5 heteroatoms. The molecule has 0 aromatic rings. The van der Waals surface area contributed by atoms with Crippen LogP contribution in [0.1, 0.15) is 0 Å². The molecule has 0 amide bonds. The first kappa shape index (κ1) is 10.7. The summed E-state index contributed by atoms with van der Waals surface area (Å²) in [6.07, 6.45) is 0. The van der Waals surface area contributed by atoms with E-state index in [-0.39, 0.29) is 17.4 Å². The van der Waals surface area contributed by atoms with Gasteiger partial charge in [-0.1, -0.05) is 0 Å². The van der Waals surface area contributed by atoms with E-state index in [1.807, 2.05) is 0 Å². The van der Waals surface area contributed by atoms with Gasteiger partial charge in [-0.25, -0.2) is 0 Å². The van der Waals surface area contributed by atoms with Gasteiger partial charge in [-0.15, -0.1) is 0 Å². The Morgan fingerprint density at radius 3 is 1.00 bits per heavy atom. The molecule has 0 heterocycles. The van der Waals surface area contributed by atoms with Crippen molar-refractivity contribution in [3.05, 3.63) is 0 Å². The fourth-order valence-electron chi connectivity index (χ4n) is 0. The van der Waals surface area contributed by atoms with Crippen LogP contribution in [0, 0.1) is 29.9 Å². The van der Waals surface area contributed by atoms with Gasteiger partial charge in [0, 0.05) is 0 Å². The summed E-state index contributed by atoms with van der Waals surface area (Å²) in [6.45, 7) is 0. The molecule has 0 nitrogen and oxygen atoms in total. The van der Waals surface area contributed by atoms with Gasteiger partial charge in [-0.05, 0) is 0 Å². The van der Waals surface area contributed by atoms with Gasteiger partial charge in [0.05, 0.1) is 0 Å². The van der Waals surface area contributed by atoms with Crippen LogP contribution in [0.4, 0.5) is 0 Å². The monoisotopic (exact) mass is 277 g/mol. The van der Waals surface area contributed by atoms with Gasteiger partial charge in [0.25, 0.3) is 0 Å². The van der Waals surface area contributed by atoms with Crippen molar-refractivity contribution in [1.82, 2.24) is 0 Å². The van der Waals surface area contributed by atoms with Crippen molar-refractivity contribution in [3.8, 4) is 0 Å². The van der Waals surface area contributed by atoms with Crippen molar-refractivity contribution >= 4 is 34.8 Å². The average molecular weight is 281 g/mol. The molecule has 0 aromatic carbocycles. The van der Waals surface area contributed by atoms with E-state index in [1.165, 1.54) is 0 Å². The van der Waals surface area contributed by atoms with Crippen LogP contribution in [0.15, 0.2) is 0 Å². The summed E-state index contributed by atoms with van der Waals surface area (Å²) in [5.74, 6) is 15.1. The second kappa shape index (κ2) is 6.75. The summed E-state index contributed by atoms with van der Waals surface area (Å²) in [6, 6.07) is 0. The van der Waals surface area contributed by atoms with Gasteiger partial charge in [0.2, 0.25) is 0 Å². The van der Waals surface area contributed by atoms with Gasteiger partial charge in [-0.3, -0.25) is 0 Å². The Bertz CT molecular complexity index is 11.6. The second-order valence-electron chi connectivity index (χ2n) is 0.214. The molecule has 0 aromatic heterocycles. The summed E-state index contributed by atoms with van der Waals surface area (Å²) in [5.41, 5.74) is 0. The zero-order chi connectivity index (χ0) is 3.58. The van der Waals surface area contributed by atoms with Gasteiger partial charge in [0.15, 0.2) is 17.4 Å². The molecule has 0 N–H and O–H groups in total. The third-order valence-corrected chi connectivity index (χ3v) is 0. The van der Waals surface area contributed by atoms with Crippen molar-refractivity contribution in [2.45, 2.75) is 0 Å². The molecule has 31 valence electrons. The van der Waals surface area contributed by atoms with Crippen LogP contribution >= 0.6 is 17.4 Å². The van der Waals surface area contributed by atoms with E-state index < -0.39 is 29.9 Å². The van der Waals surface area contributed by atoms with Crippen molar-refractivity contribution in [2.75, 3.05) is 0 Å². The second-order valence-corrected chi connectivity index (χ2v) is 14.3.